The number of hydrogen-bond acceptors (Lipinski definition) is 4. The Kier molecular flexibility index (Phi) is 13.1. The van der Waals surface area contributed by atoms with Gasteiger partial charge in [-0.3, -0.25) is 0 Å². The Morgan fingerprint density at radius 3 is 1.27 bits per heavy atom. The van der Waals surface area contributed by atoms with Crippen LogP contribution >= 0.6 is 47.9 Å². The first-order valence-electron chi connectivity index (χ1n) is 12.8. The van der Waals surface area contributed by atoms with Gasteiger partial charge in [0.05, 0.1) is 0 Å². The lowest BCUT2D eigenvalue weighted by molar-refractivity contribution is 0.886. The molecular formula is C29H42S4. The predicted octanol–water partition coefficient (Wildman–Crippen LogP) is 10.3. The van der Waals surface area contributed by atoms with Gasteiger partial charge in [0.25, 0.3) is 0 Å². The van der Waals surface area contributed by atoms with E-state index in [9.17, 15) is 0 Å². The summed E-state index contributed by atoms with van der Waals surface area (Å²) in [4.78, 5) is 4.27. The number of rotatable bonds is 5. The summed E-state index contributed by atoms with van der Waals surface area (Å²) in [6, 6.07) is 17.9. The van der Waals surface area contributed by atoms with Gasteiger partial charge in [0.2, 0.25) is 0 Å². The van der Waals surface area contributed by atoms with Gasteiger partial charge in [-0.05, 0) is 88.1 Å². The molecule has 0 atom stereocenters. The maximum atomic E-state index is 4.29. The summed E-state index contributed by atoms with van der Waals surface area (Å²) in [7, 11) is 0. The molecule has 0 heterocycles. The van der Waals surface area contributed by atoms with E-state index in [0.717, 1.165) is 15.7 Å². The van der Waals surface area contributed by atoms with Crippen LogP contribution in [0.15, 0.2) is 63.2 Å². The van der Waals surface area contributed by atoms with Crippen LogP contribution in [0.2, 0.25) is 0 Å². The Morgan fingerprint density at radius 1 is 0.576 bits per heavy atom. The maximum absolute atomic E-state index is 4.29. The molecular weight excluding hydrogens is 477 g/mol. The van der Waals surface area contributed by atoms with Crippen LogP contribution in [0.3, 0.4) is 0 Å². The summed E-state index contributed by atoms with van der Waals surface area (Å²) in [6.45, 7) is 2.10. The zero-order chi connectivity index (χ0) is 23.3. The number of thiol groups is 1. The molecule has 0 N–H and O–H groups in total. The quantitative estimate of drug-likeness (QED) is 0.309. The highest BCUT2D eigenvalue weighted by Crippen LogP contribution is 2.37. The molecule has 4 heteroatoms. The van der Waals surface area contributed by atoms with Gasteiger partial charge >= 0.3 is 0 Å². The summed E-state index contributed by atoms with van der Waals surface area (Å²) in [6.07, 6.45) is 19.0. The first kappa shape index (κ1) is 27.4. The van der Waals surface area contributed by atoms with Crippen molar-refractivity contribution < 1.29 is 0 Å². The number of benzene rings is 2. The third-order valence-corrected chi connectivity index (χ3v) is 10.6. The fraction of sp³-hybridized carbons (Fsp3) is 0.586. The second-order valence-electron chi connectivity index (χ2n) is 9.48. The monoisotopic (exact) mass is 518 g/mol. The normalized spacial score (nSPS) is 19.1. The Balaban J connectivity index is 0.000000169. The molecule has 3 aliphatic carbocycles. The maximum Gasteiger partial charge on any atom is 0.00944 e. The fourth-order valence-electron chi connectivity index (χ4n) is 4.57. The van der Waals surface area contributed by atoms with E-state index in [2.05, 4.69) is 97.9 Å². The van der Waals surface area contributed by atoms with Gasteiger partial charge in [0.15, 0.2) is 0 Å². The second kappa shape index (κ2) is 15.8. The molecule has 0 amide bonds. The minimum absolute atomic E-state index is 0.741. The summed E-state index contributed by atoms with van der Waals surface area (Å²) in [5, 5.41) is 2.52. The van der Waals surface area contributed by atoms with Crippen molar-refractivity contribution in [3.05, 3.63) is 54.1 Å². The van der Waals surface area contributed by atoms with Crippen molar-refractivity contribution in [1.29, 1.82) is 0 Å². The van der Waals surface area contributed by atoms with Crippen LogP contribution in [0, 0.1) is 6.92 Å². The van der Waals surface area contributed by atoms with E-state index in [1.54, 1.807) is 11.8 Å². The van der Waals surface area contributed by atoms with E-state index in [-0.39, 0.29) is 0 Å². The van der Waals surface area contributed by atoms with E-state index in [4.69, 9.17) is 0 Å². The largest absolute Gasteiger partial charge is 0.176 e. The van der Waals surface area contributed by atoms with Crippen LogP contribution < -0.4 is 0 Å². The summed E-state index contributed by atoms with van der Waals surface area (Å²) >= 11 is 10.3. The molecule has 0 unspecified atom stereocenters. The van der Waals surface area contributed by atoms with Crippen LogP contribution in [-0.2, 0) is 0 Å². The van der Waals surface area contributed by atoms with E-state index in [1.807, 2.05) is 0 Å². The van der Waals surface area contributed by atoms with Crippen LogP contribution in [0.4, 0.5) is 0 Å². The van der Waals surface area contributed by atoms with E-state index in [1.165, 1.54) is 97.3 Å². The first-order chi connectivity index (χ1) is 16.1. The number of hydrogen-bond donors (Lipinski definition) is 1. The molecule has 182 valence electrons. The summed E-state index contributed by atoms with van der Waals surface area (Å²) < 4.78 is 0. The SMILES string of the molecule is CSc1ccc(C)cc1.SC1CCCC1.c1cc(SC2CCCC2)ccc1SC1CCCC1. The Bertz CT molecular complexity index is 716. The molecule has 3 saturated carbocycles. The highest BCUT2D eigenvalue weighted by Gasteiger charge is 2.17. The molecule has 5 rings (SSSR count). The molecule has 0 bridgehead atoms. The lowest BCUT2D eigenvalue weighted by Gasteiger charge is -2.11. The molecule has 33 heavy (non-hydrogen) atoms. The van der Waals surface area contributed by atoms with Gasteiger partial charge in [-0.25, -0.2) is 0 Å². The average molecular weight is 519 g/mol. The number of aryl methyl sites for hydroxylation is 1. The Hall–Kier alpha value is -0.160. The van der Waals surface area contributed by atoms with Crippen molar-refractivity contribution in [3.8, 4) is 0 Å². The van der Waals surface area contributed by atoms with Crippen molar-refractivity contribution in [2.24, 2.45) is 0 Å². The van der Waals surface area contributed by atoms with Crippen LogP contribution in [0.1, 0.15) is 82.6 Å². The molecule has 0 aliphatic heterocycles. The second-order valence-corrected chi connectivity index (χ2v) is 13.8. The van der Waals surface area contributed by atoms with Crippen molar-refractivity contribution >= 4 is 47.9 Å². The first-order valence-corrected chi connectivity index (χ1v) is 16.3. The van der Waals surface area contributed by atoms with Gasteiger partial charge in [0.1, 0.15) is 0 Å². The van der Waals surface area contributed by atoms with E-state index >= 15 is 0 Å². The van der Waals surface area contributed by atoms with Gasteiger partial charge in [-0.1, -0.05) is 56.2 Å². The third-order valence-electron chi connectivity index (χ3n) is 6.62. The van der Waals surface area contributed by atoms with Crippen LogP contribution in [-0.4, -0.2) is 22.0 Å². The number of thioether (sulfide) groups is 3. The fourth-order valence-corrected chi connectivity index (χ4v) is 7.84. The topological polar surface area (TPSA) is 0 Å². The van der Waals surface area contributed by atoms with Crippen molar-refractivity contribution in [1.82, 2.24) is 0 Å². The summed E-state index contributed by atoms with van der Waals surface area (Å²) in [5.74, 6) is 0. The minimum atomic E-state index is 0.741. The molecule has 3 aliphatic rings. The van der Waals surface area contributed by atoms with Crippen molar-refractivity contribution in [2.75, 3.05) is 6.26 Å². The van der Waals surface area contributed by atoms with Gasteiger partial charge in [-0.15, -0.1) is 35.3 Å². The Morgan fingerprint density at radius 2 is 0.939 bits per heavy atom. The average Bonchev–Trinajstić information content (AvgIpc) is 3.62. The van der Waals surface area contributed by atoms with Crippen LogP contribution in [0.25, 0.3) is 0 Å². The third kappa shape index (κ3) is 11.0. The predicted molar refractivity (Wildman–Crippen MR) is 157 cm³/mol. The highest BCUT2D eigenvalue weighted by atomic mass is 32.2. The molecule has 2 aromatic rings. The zero-order valence-electron chi connectivity index (χ0n) is 20.5. The van der Waals surface area contributed by atoms with E-state index in [0.29, 0.717) is 0 Å². The smallest absolute Gasteiger partial charge is 0.00944 e. The Labute approximate surface area is 221 Å². The minimum Gasteiger partial charge on any atom is -0.176 e. The van der Waals surface area contributed by atoms with Gasteiger partial charge < -0.3 is 0 Å². The molecule has 0 spiro atoms. The molecule has 0 radical (unpaired) electrons. The standard InChI is InChI=1S/C16H22S2.C8H10S.C5H10S/c1-2-6-13(5-1)17-15-9-11-16(12-10-15)18-14-7-3-4-8-14;1-7-3-5-8(9-2)6-4-7;6-5-3-1-2-4-5/h9-14H,1-8H2;3-6H,1-2H3;5-6H,1-4H2. The van der Waals surface area contributed by atoms with Crippen LogP contribution in [0.5, 0.6) is 0 Å². The summed E-state index contributed by atoms with van der Waals surface area (Å²) in [5.41, 5.74) is 1.33. The lowest BCUT2D eigenvalue weighted by Crippen LogP contribution is -1.94. The molecule has 0 aromatic heterocycles. The van der Waals surface area contributed by atoms with Gasteiger partial charge in [-0.2, -0.15) is 12.6 Å². The molecule has 0 saturated heterocycles. The van der Waals surface area contributed by atoms with E-state index < -0.39 is 0 Å². The lowest BCUT2D eigenvalue weighted by atomic mass is 10.2. The van der Waals surface area contributed by atoms with Gasteiger partial charge in [0, 0.05) is 30.4 Å². The van der Waals surface area contributed by atoms with Crippen molar-refractivity contribution in [3.63, 3.8) is 0 Å². The zero-order valence-corrected chi connectivity index (χ0v) is 23.9. The molecule has 3 fully saturated rings. The van der Waals surface area contributed by atoms with Crippen molar-refractivity contribution in [2.45, 2.75) is 114 Å². The molecule has 0 nitrogen and oxygen atoms in total. The highest BCUT2D eigenvalue weighted by molar-refractivity contribution is 8.00. The molecule has 2 aromatic carbocycles.